The number of thioether (sulfide) groups is 1. The average molecular weight is 589 g/mol. The molecule has 0 aliphatic rings. The molecule has 10 heteroatoms. The topological polar surface area (TPSA) is 92.6 Å². The highest BCUT2D eigenvalue weighted by Gasteiger charge is 2.32. The van der Waals surface area contributed by atoms with Crippen LogP contribution in [0.5, 0.6) is 0 Å². The zero-order chi connectivity index (χ0) is 28.6. The number of nitrogens with one attached hydrogen (secondary N) is 1. The van der Waals surface area contributed by atoms with Crippen LogP contribution in [0.3, 0.4) is 0 Å². The lowest BCUT2D eigenvalue weighted by atomic mass is 10.0. The Labute approximate surface area is 243 Å². The Kier molecular flexibility index (Phi) is 10.8. The monoisotopic (exact) mass is 587 g/mol. The number of nitrogens with zero attached hydrogens (tertiary/aromatic N) is 2. The molecule has 3 aromatic rings. The molecule has 206 valence electrons. The van der Waals surface area contributed by atoms with E-state index in [9.17, 15) is 19.7 Å². The molecule has 0 aliphatic carbocycles. The predicted octanol–water partition coefficient (Wildman–Crippen LogP) is 6.69. The van der Waals surface area contributed by atoms with Crippen molar-refractivity contribution in [3.05, 3.63) is 110 Å². The molecule has 0 spiro atoms. The van der Waals surface area contributed by atoms with Gasteiger partial charge in [-0.05, 0) is 49.6 Å². The average Bonchev–Trinajstić information content (AvgIpc) is 2.87. The van der Waals surface area contributed by atoms with Crippen LogP contribution >= 0.6 is 35.0 Å². The van der Waals surface area contributed by atoms with E-state index in [1.54, 1.807) is 35.2 Å². The molecule has 7 nitrogen and oxygen atoms in total. The predicted molar refractivity (Wildman–Crippen MR) is 158 cm³/mol. The first-order valence-corrected chi connectivity index (χ1v) is 14.2. The van der Waals surface area contributed by atoms with E-state index in [4.69, 9.17) is 23.2 Å². The molecular formula is C29H31Cl2N3O4S. The quantitative estimate of drug-likeness (QED) is 0.199. The Hall–Kier alpha value is -3.07. The minimum atomic E-state index is -0.786. The van der Waals surface area contributed by atoms with Gasteiger partial charge in [0, 0.05) is 46.4 Å². The van der Waals surface area contributed by atoms with Gasteiger partial charge in [-0.2, -0.15) is 0 Å². The van der Waals surface area contributed by atoms with Crippen LogP contribution in [0.1, 0.15) is 37.5 Å². The van der Waals surface area contributed by atoms with E-state index in [2.05, 4.69) is 5.32 Å². The van der Waals surface area contributed by atoms with Gasteiger partial charge in [0.15, 0.2) is 0 Å². The molecule has 0 bridgehead atoms. The van der Waals surface area contributed by atoms with Crippen LogP contribution in [-0.2, 0) is 28.3 Å². The highest BCUT2D eigenvalue weighted by atomic mass is 35.5. The number of carbonyl (C=O) groups excluding carboxylic acids is 2. The first kappa shape index (κ1) is 30.5. The summed E-state index contributed by atoms with van der Waals surface area (Å²) in [6.45, 7) is 5.81. The van der Waals surface area contributed by atoms with Crippen molar-refractivity contribution in [2.45, 2.75) is 51.1 Å². The number of benzene rings is 3. The van der Waals surface area contributed by atoms with Gasteiger partial charge < -0.3 is 10.2 Å². The molecule has 1 atom stereocenters. The number of rotatable bonds is 11. The van der Waals surface area contributed by atoms with Gasteiger partial charge in [0.25, 0.3) is 5.69 Å². The van der Waals surface area contributed by atoms with E-state index in [1.165, 1.54) is 23.9 Å². The summed E-state index contributed by atoms with van der Waals surface area (Å²) < 4.78 is 0. The molecule has 0 radical (unpaired) electrons. The Bertz CT molecular complexity index is 1300. The molecular weight excluding hydrogens is 557 g/mol. The fourth-order valence-electron chi connectivity index (χ4n) is 3.89. The summed E-state index contributed by atoms with van der Waals surface area (Å²) >= 11 is 13.9. The van der Waals surface area contributed by atoms with Crippen LogP contribution < -0.4 is 5.32 Å². The number of non-ortho nitro benzene ring substituents is 1. The van der Waals surface area contributed by atoms with Gasteiger partial charge in [0.05, 0.1) is 10.7 Å². The van der Waals surface area contributed by atoms with Crippen molar-refractivity contribution in [2.75, 3.05) is 5.75 Å². The lowest BCUT2D eigenvalue weighted by molar-refractivity contribution is -0.384. The van der Waals surface area contributed by atoms with Gasteiger partial charge >= 0.3 is 0 Å². The third-order valence-electron chi connectivity index (χ3n) is 5.77. The summed E-state index contributed by atoms with van der Waals surface area (Å²) in [4.78, 5) is 39.4. The lowest BCUT2D eigenvalue weighted by Gasteiger charge is -2.34. The number of hydrogen-bond donors (Lipinski definition) is 1. The van der Waals surface area contributed by atoms with Gasteiger partial charge in [-0.25, -0.2) is 0 Å². The van der Waals surface area contributed by atoms with Crippen LogP contribution in [0.15, 0.2) is 72.8 Å². The minimum absolute atomic E-state index is 0.0134. The summed E-state index contributed by atoms with van der Waals surface area (Å²) in [7, 11) is 0. The van der Waals surface area contributed by atoms with Crippen LogP contribution in [0, 0.1) is 10.1 Å². The number of nitro groups is 1. The Morgan fingerprint density at radius 2 is 1.67 bits per heavy atom. The number of nitro benzene ring substituents is 1. The van der Waals surface area contributed by atoms with E-state index < -0.39 is 16.5 Å². The molecule has 0 aromatic heterocycles. The maximum absolute atomic E-state index is 13.7. The second-order valence-corrected chi connectivity index (χ2v) is 11.9. The van der Waals surface area contributed by atoms with Gasteiger partial charge in [-0.1, -0.05) is 71.7 Å². The SMILES string of the molecule is CC(C)(C)NC(=O)[C@@H](Cc1ccccc1)N(Cc1ccc(Cl)cc1Cl)C(=O)CSCc1ccc([N+](=O)[O-])cc1. The van der Waals surface area contributed by atoms with Crippen molar-refractivity contribution >= 4 is 52.5 Å². The molecule has 3 rings (SSSR count). The summed E-state index contributed by atoms with van der Waals surface area (Å²) in [6.07, 6.45) is 0.326. The van der Waals surface area contributed by atoms with E-state index in [0.717, 1.165) is 11.1 Å². The second-order valence-electron chi connectivity index (χ2n) is 10.1. The van der Waals surface area contributed by atoms with Crippen LogP contribution in [0.4, 0.5) is 5.69 Å². The fraction of sp³-hybridized carbons (Fsp3) is 0.310. The maximum atomic E-state index is 13.7. The Morgan fingerprint density at radius 3 is 2.26 bits per heavy atom. The van der Waals surface area contributed by atoms with Crippen molar-refractivity contribution in [2.24, 2.45) is 0 Å². The van der Waals surface area contributed by atoms with E-state index in [-0.39, 0.29) is 29.8 Å². The molecule has 0 aliphatic heterocycles. The third-order valence-corrected chi connectivity index (χ3v) is 7.34. The van der Waals surface area contributed by atoms with Crippen molar-refractivity contribution in [3.8, 4) is 0 Å². The van der Waals surface area contributed by atoms with Crippen LogP contribution in [0.25, 0.3) is 0 Å². The third kappa shape index (κ3) is 9.56. The molecule has 0 saturated heterocycles. The summed E-state index contributed by atoms with van der Waals surface area (Å²) in [5, 5.41) is 14.8. The fourth-order valence-corrected chi connectivity index (χ4v) is 5.23. The Balaban J connectivity index is 1.87. The van der Waals surface area contributed by atoms with Crippen LogP contribution in [-0.4, -0.2) is 39.0 Å². The molecule has 39 heavy (non-hydrogen) atoms. The first-order chi connectivity index (χ1) is 18.4. The van der Waals surface area contributed by atoms with Crippen molar-refractivity contribution in [3.63, 3.8) is 0 Å². The highest BCUT2D eigenvalue weighted by Crippen LogP contribution is 2.25. The first-order valence-electron chi connectivity index (χ1n) is 12.3. The van der Waals surface area contributed by atoms with Crippen molar-refractivity contribution < 1.29 is 14.5 Å². The zero-order valence-electron chi connectivity index (χ0n) is 22.0. The second kappa shape index (κ2) is 13.8. The minimum Gasteiger partial charge on any atom is -0.350 e. The number of hydrogen-bond acceptors (Lipinski definition) is 5. The number of halogens is 2. The summed E-state index contributed by atoms with van der Waals surface area (Å²) in [5.74, 6) is 0.107. The smallest absolute Gasteiger partial charge is 0.269 e. The van der Waals surface area contributed by atoms with E-state index >= 15 is 0 Å². The highest BCUT2D eigenvalue weighted by molar-refractivity contribution is 7.99. The normalized spacial score (nSPS) is 12.0. The standard InChI is InChI=1S/C29H31Cl2N3O4S/c1-29(2,3)32-28(36)26(15-20-7-5-4-6-8-20)33(17-22-11-12-23(30)16-25(22)31)27(35)19-39-18-21-9-13-24(14-10-21)34(37)38/h4-14,16,26H,15,17-19H2,1-3H3,(H,32,36)/t26-/m1/s1. The molecule has 0 saturated carbocycles. The van der Waals surface area contributed by atoms with Gasteiger partial charge in [0.2, 0.25) is 11.8 Å². The molecule has 3 aromatic carbocycles. The van der Waals surface area contributed by atoms with E-state index in [1.807, 2.05) is 51.1 Å². The molecule has 1 N–H and O–H groups in total. The van der Waals surface area contributed by atoms with Crippen LogP contribution in [0.2, 0.25) is 10.0 Å². The molecule has 2 amide bonds. The summed E-state index contributed by atoms with van der Waals surface area (Å²) in [5.41, 5.74) is 1.97. The Morgan fingerprint density at radius 1 is 1.00 bits per heavy atom. The number of carbonyl (C=O) groups is 2. The van der Waals surface area contributed by atoms with Gasteiger partial charge in [-0.15, -0.1) is 11.8 Å². The summed E-state index contributed by atoms with van der Waals surface area (Å²) in [6, 6.07) is 20.1. The largest absolute Gasteiger partial charge is 0.350 e. The molecule has 0 unspecified atom stereocenters. The number of amides is 2. The lowest BCUT2D eigenvalue weighted by Crippen LogP contribution is -2.54. The van der Waals surface area contributed by atoms with Crippen molar-refractivity contribution in [1.82, 2.24) is 10.2 Å². The zero-order valence-corrected chi connectivity index (χ0v) is 24.4. The maximum Gasteiger partial charge on any atom is 0.269 e. The van der Waals surface area contributed by atoms with Gasteiger partial charge in [0.1, 0.15) is 6.04 Å². The molecule has 0 fully saturated rings. The van der Waals surface area contributed by atoms with Gasteiger partial charge in [-0.3, -0.25) is 19.7 Å². The molecule has 0 heterocycles. The van der Waals surface area contributed by atoms with Crippen molar-refractivity contribution in [1.29, 1.82) is 0 Å². The van der Waals surface area contributed by atoms with E-state index in [0.29, 0.717) is 27.8 Å².